The van der Waals surface area contributed by atoms with Crippen molar-refractivity contribution >= 4 is 17.9 Å². The van der Waals surface area contributed by atoms with E-state index in [1.54, 1.807) is 0 Å². The van der Waals surface area contributed by atoms with Crippen LogP contribution in [-0.4, -0.2) is 37.2 Å². The van der Waals surface area contributed by atoms with Gasteiger partial charge in [-0.25, -0.2) is 0 Å². The fourth-order valence-electron chi connectivity index (χ4n) is 7.70. The molecule has 1 atom stereocenters. The molecule has 384 valence electrons. The summed E-state index contributed by atoms with van der Waals surface area (Å²) in [5, 5.41) is 0. The largest absolute Gasteiger partial charge is 0.462 e. The second-order valence-electron chi connectivity index (χ2n) is 18.4. The third-order valence-electron chi connectivity index (χ3n) is 11.9. The summed E-state index contributed by atoms with van der Waals surface area (Å²) in [6, 6.07) is 0. The molecule has 0 aromatic heterocycles. The zero-order valence-electron chi connectivity index (χ0n) is 43.9. The van der Waals surface area contributed by atoms with Crippen molar-refractivity contribution in [2.24, 2.45) is 0 Å². The van der Waals surface area contributed by atoms with Crippen molar-refractivity contribution in [2.45, 2.75) is 271 Å². The molecule has 0 aliphatic heterocycles. The van der Waals surface area contributed by atoms with E-state index in [0.29, 0.717) is 19.3 Å². The molecule has 67 heavy (non-hydrogen) atoms. The number of carbonyl (C=O) groups is 3. The Balaban J connectivity index is 4.42. The number of carbonyl (C=O) groups excluding carboxylic acids is 3. The second-order valence-corrected chi connectivity index (χ2v) is 18.4. The number of allylic oxidation sites excluding steroid dienone is 14. The quantitative estimate of drug-likeness (QED) is 0.0262. The molecule has 0 aromatic rings. The van der Waals surface area contributed by atoms with Crippen LogP contribution in [0, 0.1) is 0 Å². The van der Waals surface area contributed by atoms with Crippen molar-refractivity contribution in [3.63, 3.8) is 0 Å². The van der Waals surface area contributed by atoms with Crippen LogP contribution < -0.4 is 0 Å². The zero-order chi connectivity index (χ0) is 48.6. The molecular weight excluding hydrogens is 829 g/mol. The lowest BCUT2D eigenvalue weighted by molar-refractivity contribution is -0.167. The van der Waals surface area contributed by atoms with Gasteiger partial charge in [0.05, 0.1) is 0 Å². The van der Waals surface area contributed by atoms with Crippen molar-refractivity contribution in [3.8, 4) is 0 Å². The van der Waals surface area contributed by atoms with Crippen LogP contribution in [0.25, 0.3) is 0 Å². The monoisotopic (exact) mass is 933 g/mol. The van der Waals surface area contributed by atoms with Crippen LogP contribution in [0.3, 0.4) is 0 Å². The molecular formula is C61H104O6. The van der Waals surface area contributed by atoms with Crippen LogP contribution in [0.4, 0.5) is 0 Å². The molecule has 0 radical (unpaired) electrons. The van der Waals surface area contributed by atoms with Crippen LogP contribution in [0.15, 0.2) is 85.1 Å². The molecule has 6 heteroatoms. The number of ether oxygens (including phenoxy) is 3. The van der Waals surface area contributed by atoms with Gasteiger partial charge in [0, 0.05) is 19.3 Å². The Labute approximate surface area is 414 Å². The van der Waals surface area contributed by atoms with Gasteiger partial charge in [0.25, 0.3) is 0 Å². The number of rotatable bonds is 50. The van der Waals surface area contributed by atoms with Crippen LogP contribution in [-0.2, 0) is 28.6 Å². The van der Waals surface area contributed by atoms with Gasteiger partial charge in [0.1, 0.15) is 13.2 Å². The van der Waals surface area contributed by atoms with E-state index >= 15 is 0 Å². The molecule has 0 bridgehead atoms. The third-order valence-corrected chi connectivity index (χ3v) is 11.9. The molecule has 6 nitrogen and oxygen atoms in total. The number of unbranched alkanes of at least 4 members (excludes halogenated alkanes) is 25. The van der Waals surface area contributed by atoms with Gasteiger partial charge >= 0.3 is 17.9 Å². The molecule has 0 aliphatic carbocycles. The molecule has 0 heterocycles. The Morgan fingerprint density at radius 2 is 0.582 bits per heavy atom. The topological polar surface area (TPSA) is 78.9 Å². The Morgan fingerprint density at radius 1 is 0.313 bits per heavy atom. The molecule has 0 aromatic carbocycles. The highest BCUT2D eigenvalue weighted by molar-refractivity contribution is 5.71. The second kappa shape index (κ2) is 55.2. The van der Waals surface area contributed by atoms with Crippen molar-refractivity contribution in [3.05, 3.63) is 85.1 Å². The highest BCUT2D eigenvalue weighted by Gasteiger charge is 2.19. The number of esters is 3. The highest BCUT2D eigenvalue weighted by Crippen LogP contribution is 2.15. The minimum Gasteiger partial charge on any atom is -0.462 e. The summed E-state index contributed by atoms with van der Waals surface area (Å²) in [6.45, 7) is 6.40. The Bertz CT molecular complexity index is 1300. The minimum atomic E-state index is -0.791. The SMILES string of the molecule is CC/C=C\C/C=C\C/C=C\C/C=C\CCCCCCCCC(=O)OCC(COC(=O)CCCCCCCCC/C=C\C/C=C\CC)OC(=O)CCCCCCC/C=C\CCCCCCCCC. The molecule has 0 saturated carbocycles. The summed E-state index contributed by atoms with van der Waals surface area (Å²) in [5.41, 5.74) is 0. The summed E-state index contributed by atoms with van der Waals surface area (Å²) < 4.78 is 16.8. The summed E-state index contributed by atoms with van der Waals surface area (Å²) >= 11 is 0. The van der Waals surface area contributed by atoms with E-state index in [4.69, 9.17) is 14.2 Å². The standard InChI is InChI=1S/C61H104O6/c1-4-7-10-13-16-19-22-25-28-30-31-32-34-36-39-42-45-48-51-54-60(63)66-57-58(56-65-59(62)53-50-47-44-41-38-35-27-24-21-18-15-12-9-6-3)67-61(64)55-52-49-46-43-40-37-33-29-26-23-20-17-14-11-8-5-2/h7,9-10,12,16,18-19,21,25,28-29,31-33,58H,4-6,8,11,13-15,17,20,22-24,26-27,30,34-57H2,1-3H3/b10-7-,12-9-,19-16-,21-18-,28-25-,32-31-,33-29-. The molecule has 0 rings (SSSR count). The average molecular weight is 933 g/mol. The third kappa shape index (κ3) is 53.4. The lowest BCUT2D eigenvalue weighted by Crippen LogP contribution is -2.30. The maximum Gasteiger partial charge on any atom is 0.306 e. The number of hydrogen-bond acceptors (Lipinski definition) is 6. The minimum absolute atomic E-state index is 0.0887. The maximum atomic E-state index is 12.8. The van der Waals surface area contributed by atoms with Crippen molar-refractivity contribution in [1.29, 1.82) is 0 Å². The molecule has 0 N–H and O–H groups in total. The first-order valence-electron chi connectivity index (χ1n) is 28.1. The van der Waals surface area contributed by atoms with Crippen LogP contribution in [0.1, 0.15) is 265 Å². The van der Waals surface area contributed by atoms with Gasteiger partial charge in [-0.3, -0.25) is 14.4 Å². The van der Waals surface area contributed by atoms with Crippen LogP contribution in [0.5, 0.6) is 0 Å². The van der Waals surface area contributed by atoms with Gasteiger partial charge in [-0.1, -0.05) is 221 Å². The molecule has 0 saturated heterocycles. The van der Waals surface area contributed by atoms with Gasteiger partial charge in [-0.2, -0.15) is 0 Å². The van der Waals surface area contributed by atoms with E-state index in [2.05, 4.69) is 106 Å². The van der Waals surface area contributed by atoms with Crippen molar-refractivity contribution < 1.29 is 28.6 Å². The van der Waals surface area contributed by atoms with E-state index in [-0.39, 0.29) is 31.1 Å². The first kappa shape index (κ1) is 63.6. The van der Waals surface area contributed by atoms with Crippen molar-refractivity contribution in [1.82, 2.24) is 0 Å². The lowest BCUT2D eigenvalue weighted by Gasteiger charge is -2.18. The molecule has 0 spiro atoms. The molecule has 0 aliphatic rings. The Morgan fingerprint density at radius 3 is 0.925 bits per heavy atom. The maximum absolute atomic E-state index is 12.8. The number of hydrogen-bond donors (Lipinski definition) is 0. The Hall–Kier alpha value is -3.41. The fourth-order valence-corrected chi connectivity index (χ4v) is 7.70. The summed E-state index contributed by atoms with van der Waals surface area (Å²) in [7, 11) is 0. The van der Waals surface area contributed by atoms with Gasteiger partial charge in [0.15, 0.2) is 6.10 Å². The van der Waals surface area contributed by atoms with E-state index in [0.717, 1.165) is 122 Å². The lowest BCUT2D eigenvalue weighted by atomic mass is 10.1. The van der Waals surface area contributed by atoms with E-state index in [9.17, 15) is 14.4 Å². The normalized spacial score (nSPS) is 12.7. The van der Waals surface area contributed by atoms with Crippen molar-refractivity contribution in [2.75, 3.05) is 13.2 Å². The summed E-state index contributed by atoms with van der Waals surface area (Å²) in [5.74, 6) is -0.915. The molecule has 0 amide bonds. The summed E-state index contributed by atoms with van der Waals surface area (Å²) in [4.78, 5) is 38.1. The average Bonchev–Trinajstić information content (AvgIpc) is 3.33. The van der Waals surface area contributed by atoms with Gasteiger partial charge < -0.3 is 14.2 Å². The zero-order valence-corrected chi connectivity index (χ0v) is 43.9. The van der Waals surface area contributed by atoms with Gasteiger partial charge in [0.2, 0.25) is 0 Å². The van der Waals surface area contributed by atoms with E-state index in [1.807, 2.05) is 0 Å². The fraction of sp³-hybridized carbons (Fsp3) is 0.721. The molecule has 0 fully saturated rings. The van der Waals surface area contributed by atoms with E-state index < -0.39 is 6.10 Å². The predicted molar refractivity (Wildman–Crippen MR) is 288 cm³/mol. The smallest absolute Gasteiger partial charge is 0.306 e. The molecule has 1 unspecified atom stereocenters. The van der Waals surface area contributed by atoms with Crippen LogP contribution in [0.2, 0.25) is 0 Å². The van der Waals surface area contributed by atoms with Gasteiger partial charge in [-0.15, -0.1) is 0 Å². The predicted octanol–water partition coefficient (Wildman–Crippen LogP) is 18.8. The van der Waals surface area contributed by atoms with E-state index in [1.165, 1.54) is 103 Å². The first-order chi connectivity index (χ1) is 33.0. The summed E-state index contributed by atoms with van der Waals surface area (Å²) in [6.07, 6.45) is 71.4. The Kier molecular flexibility index (Phi) is 52.4. The first-order valence-corrected chi connectivity index (χ1v) is 28.1. The highest BCUT2D eigenvalue weighted by atomic mass is 16.6. The van der Waals surface area contributed by atoms with Crippen LogP contribution >= 0.6 is 0 Å². The van der Waals surface area contributed by atoms with Gasteiger partial charge in [-0.05, 0) is 109 Å².